The molecule has 1 unspecified atom stereocenters. The summed E-state index contributed by atoms with van der Waals surface area (Å²) in [5, 5.41) is 1.14. The number of benzene rings is 2. The highest BCUT2D eigenvalue weighted by molar-refractivity contribution is 5.78. The standard InChI is InChI=1S/C24H30N2O2/c1-2-3-4-5-6-11-24(28-25)20-13-16-22(17-14-20)27-18-21-15-12-19-9-7-8-10-23(19)26-21/h7-10,12-17,24H,2-6,11,18,25H2,1H3. The summed E-state index contributed by atoms with van der Waals surface area (Å²) in [4.78, 5) is 9.84. The van der Waals surface area contributed by atoms with Gasteiger partial charge in [-0.25, -0.2) is 10.9 Å². The molecular formula is C24H30N2O2. The van der Waals surface area contributed by atoms with Gasteiger partial charge < -0.3 is 4.74 Å². The second-order valence-corrected chi connectivity index (χ2v) is 7.18. The van der Waals surface area contributed by atoms with Crippen molar-refractivity contribution in [2.24, 2.45) is 5.90 Å². The maximum Gasteiger partial charge on any atom is 0.130 e. The fourth-order valence-corrected chi connectivity index (χ4v) is 3.37. The Balaban J connectivity index is 1.52. The lowest BCUT2D eigenvalue weighted by Crippen LogP contribution is -2.09. The number of unbranched alkanes of at least 4 members (excludes halogenated alkanes) is 4. The van der Waals surface area contributed by atoms with Crippen molar-refractivity contribution in [2.75, 3.05) is 0 Å². The van der Waals surface area contributed by atoms with Crippen molar-refractivity contribution in [3.63, 3.8) is 0 Å². The van der Waals surface area contributed by atoms with E-state index >= 15 is 0 Å². The van der Waals surface area contributed by atoms with E-state index in [0.717, 1.165) is 40.8 Å². The zero-order chi connectivity index (χ0) is 19.6. The maximum absolute atomic E-state index is 5.90. The van der Waals surface area contributed by atoms with Crippen LogP contribution in [0.2, 0.25) is 0 Å². The summed E-state index contributed by atoms with van der Waals surface area (Å²) < 4.78 is 5.90. The minimum atomic E-state index is -0.0576. The van der Waals surface area contributed by atoms with Crippen LogP contribution in [0, 0.1) is 0 Å². The molecule has 28 heavy (non-hydrogen) atoms. The van der Waals surface area contributed by atoms with Crippen LogP contribution in [0.1, 0.15) is 62.8 Å². The Morgan fingerprint density at radius 2 is 1.68 bits per heavy atom. The fourth-order valence-electron chi connectivity index (χ4n) is 3.37. The summed E-state index contributed by atoms with van der Waals surface area (Å²) in [6.07, 6.45) is 7.09. The molecule has 0 amide bonds. The van der Waals surface area contributed by atoms with Crippen molar-refractivity contribution in [1.29, 1.82) is 0 Å². The quantitative estimate of drug-likeness (QED) is 0.323. The third-order valence-electron chi connectivity index (χ3n) is 5.03. The molecule has 0 spiro atoms. The normalized spacial score (nSPS) is 12.2. The Morgan fingerprint density at radius 1 is 0.893 bits per heavy atom. The van der Waals surface area contributed by atoms with Crippen molar-refractivity contribution >= 4 is 10.9 Å². The number of hydrogen-bond donors (Lipinski definition) is 1. The van der Waals surface area contributed by atoms with Crippen molar-refractivity contribution in [3.05, 3.63) is 71.9 Å². The summed E-state index contributed by atoms with van der Waals surface area (Å²) in [7, 11) is 0. The number of rotatable bonds is 11. The van der Waals surface area contributed by atoms with Crippen LogP contribution in [-0.2, 0) is 11.4 Å². The molecule has 0 aliphatic heterocycles. The molecule has 0 saturated heterocycles. The van der Waals surface area contributed by atoms with Crippen LogP contribution in [0.3, 0.4) is 0 Å². The first kappa shape index (κ1) is 20.3. The van der Waals surface area contributed by atoms with Gasteiger partial charge >= 0.3 is 0 Å². The zero-order valence-electron chi connectivity index (χ0n) is 16.6. The monoisotopic (exact) mass is 378 g/mol. The van der Waals surface area contributed by atoms with E-state index in [1.807, 2.05) is 48.5 Å². The van der Waals surface area contributed by atoms with E-state index in [-0.39, 0.29) is 6.10 Å². The summed E-state index contributed by atoms with van der Waals surface area (Å²) in [5.41, 5.74) is 2.99. The number of fused-ring (bicyclic) bond motifs is 1. The van der Waals surface area contributed by atoms with Gasteiger partial charge in [-0.1, -0.05) is 75.4 Å². The molecule has 2 aromatic carbocycles. The maximum atomic E-state index is 5.90. The van der Waals surface area contributed by atoms with Crippen molar-refractivity contribution in [2.45, 2.75) is 58.2 Å². The van der Waals surface area contributed by atoms with Crippen molar-refractivity contribution < 1.29 is 9.57 Å². The van der Waals surface area contributed by atoms with E-state index in [2.05, 4.69) is 24.0 Å². The lowest BCUT2D eigenvalue weighted by Gasteiger charge is -2.15. The third-order valence-corrected chi connectivity index (χ3v) is 5.03. The fraction of sp³-hybridized carbons (Fsp3) is 0.375. The molecule has 1 atom stereocenters. The van der Waals surface area contributed by atoms with Gasteiger partial charge in [0.05, 0.1) is 11.2 Å². The number of hydrogen-bond acceptors (Lipinski definition) is 4. The first-order valence-electron chi connectivity index (χ1n) is 10.2. The van der Waals surface area contributed by atoms with E-state index in [9.17, 15) is 0 Å². The van der Waals surface area contributed by atoms with Crippen LogP contribution in [0.25, 0.3) is 10.9 Å². The van der Waals surface area contributed by atoms with Gasteiger partial charge in [-0.15, -0.1) is 0 Å². The molecule has 2 N–H and O–H groups in total. The molecule has 0 aliphatic rings. The molecule has 3 aromatic rings. The predicted octanol–water partition coefficient (Wildman–Crippen LogP) is 6.11. The van der Waals surface area contributed by atoms with E-state index in [1.54, 1.807) is 0 Å². The van der Waals surface area contributed by atoms with E-state index in [4.69, 9.17) is 15.5 Å². The highest BCUT2D eigenvalue weighted by atomic mass is 16.6. The van der Waals surface area contributed by atoms with Crippen molar-refractivity contribution in [3.8, 4) is 5.75 Å². The van der Waals surface area contributed by atoms with Crippen LogP contribution in [0.4, 0.5) is 0 Å². The molecule has 4 nitrogen and oxygen atoms in total. The first-order chi connectivity index (χ1) is 13.8. The third kappa shape index (κ3) is 5.78. The minimum Gasteiger partial charge on any atom is -0.487 e. The summed E-state index contributed by atoms with van der Waals surface area (Å²) in [6, 6.07) is 20.2. The molecular weight excluding hydrogens is 348 g/mol. The molecule has 3 rings (SSSR count). The van der Waals surface area contributed by atoms with Gasteiger partial charge in [0.1, 0.15) is 18.5 Å². The van der Waals surface area contributed by atoms with Gasteiger partial charge in [0.25, 0.3) is 0 Å². The highest BCUT2D eigenvalue weighted by Crippen LogP contribution is 2.25. The van der Waals surface area contributed by atoms with Crippen molar-refractivity contribution in [1.82, 2.24) is 4.98 Å². The Hall–Kier alpha value is -2.43. The predicted molar refractivity (Wildman–Crippen MR) is 114 cm³/mol. The zero-order valence-corrected chi connectivity index (χ0v) is 16.6. The Bertz CT molecular complexity index is 849. The number of pyridine rings is 1. The highest BCUT2D eigenvalue weighted by Gasteiger charge is 2.11. The molecule has 1 aromatic heterocycles. The van der Waals surface area contributed by atoms with E-state index < -0.39 is 0 Å². The first-order valence-corrected chi connectivity index (χ1v) is 10.2. The van der Waals surface area contributed by atoms with Crippen LogP contribution < -0.4 is 10.6 Å². The summed E-state index contributed by atoms with van der Waals surface area (Å²) >= 11 is 0. The van der Waals surface area contributed by atoms with Gasteiger partial charge in [-0.3, -0.25) is 4.84 Å². The summed E-state index contributed by atoms with van der Waals surface area (Å²) in [5.74, 6) is 6.34. The van der Waals surface area contributed by atoms with Gasteiger partial charge in [-0.05, 0) is 36.2 Å². The SMILES string of the molecule is CCCCCCCC(ON)c1ccc(OCc2ccc3ccccc3n2)cc1. The minimum absolute atomic E-state index is 0.0576. The smallest absolute Gasteiger partial charge is 0.130 e. The molecule has 0 saturated carbocycles. The summed E-state index contributed by atoms with van der Waals surface area (Å²) in [6.45, 7) is 2.67. The van der Waals surface area contributed by atoms with Crippen LogP contribution >= 0.6 is 0 Å². The van der Waals surface area contributed by atoms with Gasteiger partial charge in [0.2, 0.25) is 0 Å². The molecule has 148 valence electrons. The lowest BCUT2D eigenvalue weighted by molar-refractivity contribution is 0.0445. The van der Waals surface area contributed by atoms with Crippen LogP contribution in [-0.4, -0.2) is 4.98 Å². The molecule has 0 bridgehead atoms. The number of aromatic nitrogens is 1. The Kier molecular flexibility index (Phi) is 7.82. The molecule has 0 aliphatic carbocycles. The van der Waals surface area contributed by atoms with Crippen LogP contribution in [0.15, 0.2) is 60.7 Å². The van der Waals surface area contributed by atoms with E-state index in [0.29, 0.717) is 6.61 Å². The molecule has 0 radical (unpaired) electrons. The molecule has 1 heterocycles. The number of para-hydroxylation sites is 1. The number of ether oxygens (including phenoxy) is 1. The number of nitrogens with zero attached hydrogens (tertiary/aromatic N) is 1. The molecule has 4 heteroatoms. The second kappa shape index (κ2) is 10.8. The average Bonchev–Trinajstić information content (AvgIpc) is 2.75. The Labute approximate surface area is 167 Å². The topological polar surface area (TPSA) is 57.4 Å². The Morgan fingerprint density at radius 3 is 2.46 bits per heavy atom. The van der Waals surface area contributed by atoms with E-state index in [1.165, 1.54) is 25.7 Å². The van der Waals surface area contributed by atoms with Gasteiger partial charge in [-0.2, -0.15) is 0 Å². The average molecular weight is 379 g/mol. The number of nitrogens with two attached hydrogens (primary N) is 1. The second-order valence-electron chi connectivity index (χ2n) is 7.18. The van der Waals surface area contributed by atoms with Gasteiger partial charge in [0.15, 0.2) is 0 Å². The van der Waals surface area contributed by atoms with Crippen LogP contribution in [0.5, 0.6) is 5.75 Å². The molecule has 0 fully saturated rings. The lowest BCUT2D eigenvalue weighted by atomic mass is 10.0. The van der Waals surface area contributed by atoms with Gasteiger partial charge in [0, 0.05) is 5.39 Å². The largest absolute Gasteiger partial charge is 0.487 e.